The van der Waals surface area contributed by atoms with Crippen molar-refractivity contribution in [2.24, 2.45) is 0 Å². The number of ether oxygens (including phenoxy) is 2. The van der Waals surface area contributed by atoms with E-state index in [-0.39, 0.29) is 31.1 Å². The molecule has 1 saturated heterocycles. The zero-order chi connectivity index (χ0) is 22.2. The van der Waals surface area contributed by atoms with Crippen LogP contribution in [0.2, 0.25) is 5.02 Å². The number of nitrogens with zero attached hydrogens (tertiary/aromatic N) is 4. The van der Waals surface area contributed by atoms with Crippen molar-refractivity contribution in [3.8, 4) is 0 Å². The van der Waals surface area contributed by atoms with Crippen molar-refractivity contribution in [1.82, 2.24) is 14.9 Å². The molecule has 0 radical (unpaired) electrons. The molecule has 0 atom stereocenters. The van der Waals surface area contributed by atoms with Crippen LogP contribution in [0, 0.1) is 0 Å². The van der Waals surface area contributed by atoms with E-state index in [4.69, 9.17) is 21.1 Å². The molecule has 31 heavy (non-hydrogen) atoms. The van der Waals surface area contributed by atoms with Gasteiger partial charge in [0, 0.05) is 35.9 Å². The van der Waals surface area contributed by atoms with Gasteiger partial charge in [-0.3, -0.25) is 14.5 Å². The molecule has 1 aromatic heterocycles. The van der Waals surface area contributed by atoms with Gasteiger partial charge in [0.05, 0.1) is 27.3 Å². The monoisotopic (exact) mass is 447 g/mol. The number of esters is 2. The molecule has 0 aliphatic carbocycles. The molecular weight excluding hydrogens is 422 g/mol. The first kappa shape index (κ1) is 22.8. The number of anilines is 3. The third-order valence-corrected chi connectivity index (χ3v) is 5.41. The van der Waals surface area contributed by atoms with Crippen molar-refractivity contribution in [1.29, 1.82) is 0 Å². The lowest BCUT2D eigenvalue weighted by Gasteiger charge is -2.38. The summed E-state index contributed by atoms with van der Waals surface area (Å²) in [7, 11) is 2.68. The molecule has 0 amide bonds. The molecule has 0 saturated carbocycles. The Morgan fingerprint density at radius 2 is 1.81 bits per heavy atom. The van der Waals surface area contributed by atoms with E-state index in [0.29, 0.717) is 10.8 Å². The summed E-state index contributed by atoms with van der Waals surface area (Å²) >= 11 is 6.04. The molecule has 3 rings (SSSR count). The summed E-state index contributed by atoms with van der Waals surface area (Å²) in [5.41, 5.74) is 0.845. The molecular formula is C21H26ClN5O4. The molecule has 9 nitrogen and oxygen atoms in total. The highest BCUT2D eigenvalue weighted by atomic mass is 35.5. The maximum atomic E-state index is 11.8. The predicted octanol–water partition coefficient (Wildman–Crippen LogP) is 2.49. The third kappa shape index (κ3) is 6.53. The van der Waals surface area contributed by atoms with E-state index in [0.717, 1.165) is 37.4 Å². The average molecular weight is 448 g/mol. The minimum Gasteiger partial charge on any atom is -0.468 e. The number of piperidine rings is 1. The second-order valence-corrected chi connectivity index (χ2v) is 7.61. The molecule has 0 unspecified atom stereocenters. The fourth-order valence-electron chi connectivity index (χ4n) is 3.54. The largest absolute Gasteiger partial charge is 0.468 e. The molecule has 1 N–H and O–H groups in total. The van der Waals surface area contributed by atoms with Crippen molar-refractivity contribution in [2.45, 2.75) is 18.9 Å². The smallest absolute Gasteiger partial charge is 0.319 e. The van der Waals surface area contributed by atoms with Crippen molar-refractivity contribution in [2.75, 3.05) is 50.6 Å². The molecule has 2 heterocycles. The molecule has 166 valence electrons. The van der Waals surface area contributed by atoms with Gasteiger partial charge in [0.1, 0.15) is 18.0 Å². The highest BCUT2D eigenvalue weighted by molar-refractivity contribution is 6.30. The van der Waals surface area contributed by atoms with E-state index in [2.05, 4.69) is 20.2 Å². The van der Waals surface area contributed by atoms with Crippen molar-refractivity contribution in [3.05, 3.63) is 41.7 Å². The van der Waals surface area contributed by atoms with Crippen LogP contribution in [-0.2, 0) is 19.1 Å². The molecule has 2 aromatic rings. The number of carbonyl (C=O) groups is 2. The number of hydrogen-bond acceptors (Lipinski definition) is 9. The van der Waals surface area contributed by atoms with E-state index in [1.165, 1.54) is 20.5 Å². The first-order valence-electron chi connectivity index (χ1n) is 9.95. The van der Waals surface area contributed by atoms with Gasteiger partial charge in [0.15, 0.2) is 0 Å². The SMILES string of the molecule is COC(=O)CN(CC(=O)OC)C1CCN(c2cc(Nc3cccc(Cl)c3)ncn2)CC1. The summed E-state index contributed by atoms with van der Waals surface area (Å²) in [6, 6.07) is 9.38. The predicted molar refractivity (Wildman–Crippen MR) is 118 cm³/mol. The Morgan fingerprint density at radius 1 is 1.13 bits per heavy atom. The first-order valence-corrected chi connectivity index (χ1v) is 10.3. The Balaban J connectivity index is 1.62. The van der Waals surface area contributed by atoms with E-state index in [1.807, 2.05) is 35.2 Å². The van der Waals surface area contributed by atoms with Crippen molar-refractivity contribution < 1.29 is 19.1 Å². The van der Waals surface area contributed by atoms with Crippen LogP contribution in [0.25, 0.3) is 0 Å². The van der Waals surface area contributed by atoms with Crippen LogP contribution in [0.1, 0.15) is 12.8 Å². The first-order chi connectivity index (χ1) is 15.0. The Kier molecular flexibility index (Phi) is 8.02. The normalized spacial score (nSPS) is 14.4. The fourth-order valence-corrected chi connectivity index (χ4v) is 3.73. The van der Waals surface area contributed by atoms with Gasteiger partial charge in [-0.25, -0.2) is 9.97 Å². The molecule has 1 aliphatic heterocycles. The summed E-state index contributed by atoms with van der Waals surface area (Å²) in [5.74, 6) is 0.732. The minimum atomic E-state index is -0.376. The topological polar surface area (TPSA) is 96.9 Å². The number of carbonyl (C=O) groups excluding carboxylic acids is 2. The lowest BCUT2D eigenvalue weighted by Crippen LogP contribution is -2.48. The zero-order valence-corrected chi connectivity index (χ0v) is 18.3. The molecule has 0 bridgehead atoms. The highest BCUT2D eigenvalue weighted by Crippen LogP contribution is 2.24. The Bertz CT molecular complexity index is 887. The summed E-state index contributed by atoms with van der Waals surface area (Å²) in [6.45, 7) is 1.57. The number of nitrogens with one attached hydrogen (secondary N) is 1. The van der Waals surface area contributed by atoms with E-state index < -0.39 is 0 Å². The third-order valence-electron chi connectivity index (χ3n) is 5.17. The number of benzene rings is 1. The number of aromatic nitrogens is 2. The molecule has 1 aromatic carbocycles. The highest BCUT2D eigenvalue weighted by Gasteiger charge is 2.28. The number of halogens is 1. The van der Waals surface area contributed by atoms with E-state index in [9.17, 15) is 9.59 Å². The Labute approximate surface area is 186 Å². The molecule has 1 fully saturated rings. The van der Waals surface area contributed by atoms with Crippen LogP contribution in [0.3, 0.4) is 0 Å². The maximum Gasteiger partial charge on any atom is 0.319 e. The number of rotatable bonds is 8. The van der Waals surface area contributed by atoms with Crippen LogP contribution in [-0.4, -0.2) is 73.2 Å². The molecule has 0 spiro atoms. The van der Waals surface area contributed by atoms with Crippen LogP contribution in [0.15, 0.2) is 36.7 Å². The second kappa shape index (κ2) is 10.9. The Hall–Kier alpha value is -2.91. The number of methoxy groups -OCH3 is 2. The lowest BCUT2D eigenvalue weighted by molar-refractivity contribution is -0.146. The summed E-state index contributed by atoms with van der Waals surface area (Å²) < 4.78 is 9.54. The van der Waals surface area contributed by atoms with Gasteiger partial charge in [-0.05, 0) is 31.0 Å². The van der Waals surface area contributed by atoms with Gasteiger partial charge in [0.2, 0.25) is 0 Å². The van der Waals surface area contributed by atoms with Gasteiger partial charge in [-0.1, -0.05) is 17.7 Å². The maximum absolute atomic E-state index is 11.8. The van der Waals surface area contributed by atoms with Crippen LogP contribution < -0.4 is 10.2 Å². The van der Waals surface area contributed by atoms with Gasteiger partial charge in [-0.15, -0.1) is 0 Å². The summed E-state index contributed by atoms with van der Waals surface area (Å²) in [4.78, 5) is 36.2. The van der Waals surface area contributed by atoms with Gasteiger partial charge in [-0.2, -0.15) is 0 Å². The lowest BCUT2D eigenvalue weighted by atomic mass is 10.0. The average Bonchev–Trinajstić information content (AvgIpc) is 2.78. The van der Waals surface area contributed by atoms with Crippen molar-refractivity contribution in [3.63, 3.8) is 0 Å². The van der Waals surface area contributed by atoms with E-state index in [1.54, 1.807) is 0 Å². The summed E-state index contributed by atoms with van der Waals surface area (Å²) in [5, 5.41) is 3.88. The van der Waals surface area contributed by atoms with E-state index >= 15 is 0 Å². The fraction of sp³-hybridized carbons (Fsp3) is 0.429. The van der Waals surface area contributed by atoms with Gasteiger partial charge in [0.25, 0.3) is 0 Å². The zero-order valence-electron chi connectivity index (χ0n) is 17.6. The van der Waals surface area contributed by atoms with Gasteiger partial charge < -0.3 is 19.7 Å². The minimum absolute atomic E-state index is 0.0531. The van der Waals surface area contributed by atoms with Crippen LogP contribution in [0.4, 0.5) is 17.3 Å². The van der Waals surface area contributed by atoms with Gasteiger partial charge >= 0.3 is 11.9 Å². The quantitative estimate of drug-likeness (QED) is 0.612. The van der Waals surface area contributed by atoms with Crippen molar-refractivity contribution >= 4 is 40.9 Å². The number of hydrogen-bond donors (Lipinski definition) is 1. The summed E-state index contributed by atoms with van der Waals surface area (Å²) in [6.07, 6.45) is 3.07. The molecule has 1 aliphatic rings. The van der Waals surface area contributed by atoms with Crippen LogP contribution >= 0.6 is 11.6 Å². The second-order valence-electron chi connectivity index (χ2n) is 7.17. The standard InChI is InChI=1S/C21H26ClN5O4/c1-30-20(28)12-27(13-21(29)31-2)17-6-8-26(9-7-17)19-11-18(23-14-24-19)25-16-5-3-4-15(22)10-16/h3-5,10-11,14,17H,6-9,12-13H2,1-2H3,(H,23,24,25). The van der Waals surface area contributed by atoms with Crippen LogP contribution in [0.5, 0.6) is 0 Å². The molecule has 10 heteroatoms. The Morgan fingerprint density at radius 3 is 2.42 bits per heavy atom.